The van der Waals surface area contributed by atoms with E-state index < -0.39 is 0 Å². The first-order valence-corrected chi connectivity index (χ1v) is 7.09. The molecule has 0 saturated carbocycles. The number of benzene rings is 2. The van der Waals surface area contributed by atoms with Gasteiger partial charge in [-0.3, -0.25) is 0 Å². The topological polar surface area (TPSA) is 61.0 Å². The minimum atomic E-state index is 0.547. The third-order valence-corrected chi connectivity index (χ3v) is 3.91. The summed E-state index contributed by atoms with van der Waals surface area (Å²) in [5, 5.41) is 0.831. The molecule has 1 aliphatic carbocycles. The normalized spacial score (nSPS) is 13.3. The third kappa shape index (κ3) is 2.18. The van der Waals surface area contributed by atoms with E-state index in [4.69, 9.17) is 10.5 Å². The van der Waals surface area contributed by atoms with Gasteiger partial charge >= 0.3 is 0 Å². The van der Waals surface area contributed by atoms with E-state index in [0.717, 1.165) is 23.1 Å². The molecule has 0 aliphatic heterocycles. The Bertz CT molecular complexity index is 829. The molecule has 1 heterocycles. The lowest BCUT2D eigenvalue weighted by atomic mass is 10.1. The average Bonchev–Trinajstić information content (AvgIpc) is 2.95. The number of anilines is 1. The zero-order valence-electron chi connectivity index (χ0n) is 11.5. The Morgan fingerprint density at radius 2 is 1.86 bits per heavy atom. The van der Waals surface area contributed by atoms with Gasteiger partial charge in [-0.25, -0.2) is 9.97 Å². The highest BCUT2D eigenvalue weighted by Gasteiger charge is 2.13. The molecule has 1 aliphatic rings. The summed E-state index contributed by atoms with van der Waals surface area (Å²) in [5.41, 5.74) is 10.2. The van der Waals surface area contributed by atoms with Crippen molar-refractivity contribution in [2.75, 3.05) is 5.73 Å². The quantitative estimate of drug-likeness (QED) is 0.728. The fraction of sp³-hybridized carbons (Fsp3) is 0.176. The smallest absolute Gasteiger partial charge is 0.230 e. The van der Waals surface area contributed by atoms with E-state index in [-0.39, 0.29) is 0 Å². The lowest BCUT2D eigenvalue weighted by Crippen LogP contribution is -1.94. The van der Waals surface area contributed by atoms with Crippen LogP contribution in [-0.2, 0) is 12.8 Å². The van der Waals surface area contributed by atoms with Crippen molar-refractivity contribution in [3.05, 3.63) is 53.9 Å². The summed E-state index contributed by atoms with van der Waals surface area (Å²) in [7, 11) is 0. The highest BCUT2D eigenvalue weighted by atomic mass is 16.5. The Morgan fingerprint density at radius 1 is 0.952 bits per heavy atom. The first kappa shape index (κ1) is 12.1. The number of nitrogens with two attached hydrogens (primary N) is 1. The molecule has 2 N–H and O–H groups in total. The van der Waals surface area contributed by atoms with Crippen molar-refractivity contribution >= 4 is 16.6 Å². The summed E-state index contributed by atoms with van der Waals surface area (Å²) in [6.45, 7) is 0. The standard InChI is InChI=1S/C17H15N3O/c18-13-5-7-16-15(9-13)17(20-10-19-16)21-14-6-4-11-2-1-3-12(11)8-14/h4-10H,1-3,18H2. The number of ether oxygens (including phenoxy) is 1. The lowest BCUT2D eigenvalue weighted by molar-refractivity contribution is 0.467. The number of fused-ring (bicyclic) bond motifs is 2. The third-order valence-electron chi connectivity index (χ3n) is 3.91. The van der Waals surface area contributed by atoms with Crippen molar-refractivity contribution in [1.29, 1.82) is 0 Å². The van der Waals surface area contributed by atoms with Crippen LogP contribution in [0.15, 0.2) is 42.7 Å². The predicted octanol–water partition coefficient (Wildman–Crippen LogP) is 3.49. The van der Waals surface area contributed by atoms with E-state index in [2.05, 4.69) is 22.1 Å². The average molecular weight is 277 g/mol. The molecular weight excluding hydrogens is 262 g/mol. The van der Waals surface area contributed by atoms with Gasteiger partial charge in [0.1, 0.15) is 12.1 Å². The molecule has 104 valence electrons. The van der Waals surface area contributed by atoms with Crippen LogP contribution < -0.4 is 10.5 Å². The molecule has 4 nitrogen and oxygen atoms in total. The van der Waals surface area contributed by atoms with Crippen molar-refractivity contribution in [3.63, 3.8) is 0 Å². The highest BCUT2D eigenvalue weighted by Crippen LogP contribution is 2.31. The highest BCUT2D eigenvalue weighted by molar-refractivity contribution is 5.86. The second-order valence-corrected chi connectivity index (χ2v) is 5.34. The molecule has 0 saturated heterocycles. The van der Waals surface area contributed by atoms with Crippen LogP contribution in [0.3, 0.4) is 0 Å². The number of rotatable bonds is 2. The van der Waals surface area contributed by atoms with E-state index in [0.29, 0.717) is 11.6 Å². The summed E-state index contributed by atoms with van der Waals surface area (Å²) in [6, 6.07) is 11.8. The van der Waals surface area contributed by atoms with E-state index in [1.807, 2.05) is 24.3 Å². The van der Waals surface area contributed by atoms with Gasteiger partial charge in [0, 0.05) is 5.69 Å². The molecule has 4 rings (SSSR count). The molecule has 0 amide bonds. The fourth-order valence-corrected chi connectivity index (χ4v) is 2.86. The van der Waals surface area contributed by atoms with Crippen molar-refractivity contribution < 1.29 is 4.74 Å². The summed E-state index contributed by atoms with van der Waals surface area (Å²) in [6.07, 6.45) is 5.04. The Balaban J connectivity index is 1.75. The van der Waals surface area contributed by atoms with Gasteiger partial charge < -0.3 is 10.5 Å². The van der Waals surface area contributed by atoms with Gasteiger partial charge in [0.05, 0.1) is 10.9 Å². The molecule has 0 radical (unpaired) electrons. The van der Waals surface area contributed by atoms with Gasteiger partial charge in [0.15, 0.2) is 0 Å². The van der Waals surface area contributed by atoms with E-state index >= 15 is 0 Å². The molecule has 21 heavy (non-hydrogen) atoms. The molecule has 0 bridgehead atoms. The summed E-state index contributed by atoms with van der Waals surface area (Å²) < 4.78 is 5.97. The maximum atomic E-state index is 5.97. The molecule has 0 fully saturated rings. The first-order chi connectivity index (χ1) is 10.3. The van der Waals surface area contributed by atoms with Crippen LogP contribution in [0.1, 0.15) is 17.5 Å². The van der Waals surface area contributed by atoms with Crippen LogP contribution in [0.5, 0.6) is 11.6 Å². The molecule has 0 unspecified atom stereocenters. The SMILES string of the molecule is Nc1ccc2ncnc(Oc3ccc4c(c3)CCC4)c2c1. The molecule has 0 spiro atoms. The maximum absolute atomic E-state index is 5.97. The first-order valence-electron chi connectivity index (χ1n) is 7.09. The molecular formula is C17H15N3O. The lowest BCUT2D eigenvalue weighted by Gasteiger charge is -2.09. The largest absolute Gasteiger partial charge is 0.438 e. The molecule has 1 aromatic heterocycles. The van der Waals surface area contributed by atoms with Crippen LogP contribution in [0, 0.1) is 0 Å². The number of aryl methyl sites for hydroxylation is 2. The Morgan fingerprint density at radius 3 is 2.81 bits per heavy atom. The Kier molecular flexibility index (Phi) is 2.74. The van der Waals surface area contributed by atoms with Crippen LogP contribution >= 0.6 is 0 Å². The summed E-state index contributed by atoms with van der Waals surface area (Å²) >= 11 is 0. The number of hydrogen-bond donors (Lipinski definition) is 1. The number of hydrogen-bond acceptors (Lipinski definition) is 4. The fourth-order valence-electron chi connectivity index (χ4n) is 2.86. The second-order valence-electron chi connectivity index (χ2n) is 5.34. The maximum Gasteiger partial charge on any atom is 0.230 e. The predicted molar refractivity (Wildman–Crippen MR) is 82.5 cm³/mol. The van der Waals surface area contributed by atoms with Crippen LogP contribution in [0.25, 0.3) is 10.9 Å². The monoisotopic (exact) mass is 277 g/mol. The van der Waals surface area contributed by atoms with Crippen molar-refractivity contribution in [2.24, 2.45) is 0 Å². The van der Waals surface area contributed by atoms with Gasteiger partial charge in [-0.1, -0.05) is 6.07 Å². The van der Waals surface area contributed by atoms with Crippen LogP contribution in [-0.4, -0.2) is 9.97 Å². The van der Waals surface area contributed by atoms with Crippen molar-refractivity contribution in [2.45, 2.75) is 19.3 Å². The summed E-state index contributed by atoms with van der Waals surface area (Å²) in [4.78, 5) is 8.48. The summed E-state index contributed by atoms with van der Waals surface area (Å²) in [5.74, 6) is 1.36. The Labute approximate surface area is 122 Å². The van der Waals surface area contributed by atoms with Crippen molar-refractivity contribution in [1.82, 2.24) is 9.97 Å². The van der Waals surface area contributed by atoms with Crippen LogP contribution in [0.2, 0.25) is 0 Å². The second kappa shape index (κ2) is 4.74. The van der Waals surface area contributed by atoms with Gasteiger partial charge in [-0.2, -0.15) is 0 Å². The molecule has 3 aromatic rings. The zero-order valence-corrected chi connectivity index (χ0v) is 11.5. The molecule has 4 heteroatoms. The molecule has 0 atom stereocenters. The van der Waals surface area contributed by atoms with Crippen molar-refractivity contribution in [3.8, 4) is 11.6 Å². The minimum Gasteiger partial charge on any atom is -0.438 e. The zero-order chi connectivity index (χ0) is 14.2. The van der Waals surface area contributed by atoms with E-state index in [1.165, 1.54) is 30.3 Å². The van der Waals surface area contributed by atoms with Gasteiger partial charge in [-0.05, 0) is 60.7 Å². The van der Waals surface area contributed by atoms with Gasteiger partial charge in [-0.15, -0.1) is 0 Å². The van der Waals surface area contributed by atoms with E-state index in [9.17, 15) is 0 Å². The van der Waals surface area contributed by atoms with E-state index in [1.54, 1.807) is 0 Å². The number of nitrogen functional groups attached to an aromatic ring is 1. The number of nitrogens with zero attached hydrogens (tertiary/aromatic N) is 2. The van der Waals surface area contributed by atoms with Gasteiger partial charge in [0.25, 0.3) is 0 Å². The number of aromatic nitrogens is 2. The Hall–Kier alpha value is -2.62. The molecule has 2 aromatic carbocycles. The van der Waals surface area contributed by atoms with Gasteiger partial charge in [0.2, 0.25) is 5.88 Å². The van der Waals surface area contributed by atoms with Crippen LogP contribution in [0.4, 0.5) is 5.69 Å². The minimum absolute atomic E-state index is 0.547.